The molecule has 0 aliphatic carbocycles. The molecule has 0 spiro atoms. The summed E-state index contributed by atoms with van der Waals surface area (Å²) in [6, 6.07) is 14.1. The zero-order valence-electron chi connectivity index (χ0n) is 14.6. The van der Waals surface area contributed by atoms with Crippen LogP contribution >= 0.6 is 11.6 Å². The Morgan fingerprint density at radius 1 is 1.04 bits per heavy atom. The summed E-state index contributed by atoms with van der Waals surface area (Å²) in [6.45, 7) is 4.00. The monoisotopic (exact) mass is 392 g/mol. The van der Waals surface area contributed by atoms with Gasteiger partial charge in [-0.2, -0.15) is 0 Å². The molecule has 0 bridgehead atoms. The lowest BCUT2D eigenvalue weighted by Gasteiger charge is -2.36. The van der Waals surface area contributed by atoms with Gasteiger partial charge in [-0.05, 0) is 30.3 Å². The van der Waals surface area contributed by atoms with Crippen LogP contribution in [0, 0.1) is 0 Å². The third kappa shape index (κ3) is 3.86. The highest BCUT2D eigenvalue weighted by Gasteiger charge is 2.27. The standard InChI is InChI=1S/C19H21ClN2O3S/c1-2-26(24,25)18-9-4-3-8-17(18)19(23)22-12-10-21(11-13-22)16-7-5-6-15(20)14-16/h3-9,14H,2,10-13H2,1H3. The minimum atomic E-state index is -3.44. The van der Waals surface area contributed by atoms with E-state index in [-0.39, 0.29) is 22.1 Å². The Kier molecular flexibility index (Phi) is 5.53. The van der Waals surface area contributed by atoms with E-state index in [0.717, 1.165) is 5.69 Å². The molecule has 0 unspecified atom stereocenters. The maximum absolute atomic E-state index is 12.9. The van der Waals surface area contributed by atoms with Crippen molar-refractivity contribution in [1.82, 2.24) is 4.90 Å². The van der Waals surface area contributed by atoms with Gasteiger partial charge in [0, 0.05) is 36.9 Å². The predicted octanol–water partition coefficient (Wildman–Crippen LogP) is 3.10. The summed E-state index contributed by atoms with van der Waals surface area (Å²) in [4.78, 5) is 16.9. The van der Waals surface area contributed by atoms with Crippen molar-refractivity contribution in [2.45, 2.75) is 11.8 Å². The molecule has 0 aromatic heterocycles. The Morgan fingerprint density at radius 2 is 1.73 bits per heavy atom. The summed E-state index contributed by atoms with van der Waals surface area (Å²) in [6.07, 6.45) is 0. The number of rotatable bonds is 4. The van der Waals surface area contributed by atoms with Gasteiger partial charge in [0.25, 0.3) is 5.91 Å². The Labute approximate surface area is 159 Å². The number of halogens is 1. The van der Waals surface area contributed by atoms with Crippen LogP contribution in [0.3, 0.4) is 0 Å². The average Bonchev–Trinajstić information content (AvgIpc) is 2.67. The smallest absolute Gasteiger partial charge is 0.255 e. The van der Waals surface area contributed by atoms with Crippen molar-refractivity contribution < 1.29 is 13.2 Å². The van der Waals surface area contributed by atoms with Crippen LogP contribution in [0.5, 0.6) is 0 Å². The number of hydrogen-bond donors (Lipinski definition) is 0. The number of hydrogen-bond acceptors (Lipinski definition) is 4. The highest BCUT2D eigenvalue weighted by molar-refractivity contribution is 7.91. The molecular formula is C19H21ClN2O3S. The first-order valence-electron chi connectivity index (χ1n) is 8.54. The molecule has 2 aromatic rings. The van der Waals surface area contributed by atoms with Crippen molar-refractivity contribution in [2.24, 2.45) is 0 Å². The number of nitrogens with zero attached hydrogens (tertiary/aromatic N) is 2. The van der Waals surface area contributed by atoms with E-state index in [1.165, 1.54) is 6.07 Å². The van der Waals surface area contributed by atoms with E-state index in [4.69, 9.17) is 11.6 Å². The molecule has 1 fully saturated rings. The fourth-order valence-corrected chi connectivity index (χ4v) is 4.35. The summed E-state index contributed by atoms with van der Waals surface area (Å²) in [5, 5.41) is 0.680. The lowest BCUT2D eigenvalue weighted by atomic mass is 10.1. The van der Waals surface area contributed by atoms with Gasteiger partial charge in [0.1, 0.15) is 0 Å². The van der Waals surface area contributed by atoms with Gasteiger partial charge in [0.2, 0.25) is 0 Å². The van der Waals surface area contributed by atoms with Gasteiger partial charge in [-0.25, -0.2) is 8.42 Å². The van der Waals surface area contributed by atoms with Crippen LogP contribution in [0.25, 0.3) is 0 Å². The van der Waals surface area contributed by atoms with Gasteiger partial charge in [-0.15, -0.1) is 0 Å². The second kappa shape index (κ2) is 7.68. The van der Waals surface area contributed by atoms with Gasteiger partial charge in [0.15, 0.2) is 9.84 Å². The molecule has 0 N–H and O–H groups in total. The summed E-state index contributed by atoms with van der Waals surface area (Å²) in [5.74, 6) is -0.261. The number of anilines is 1. The molecule has 0 saturated carbocycles. The highest BCUT2D eigenvalue weighted by Crippen LogP contribution is 2.23. The molecule has 2 aromatic carbocycles. The molecule has 0 radical (unpaired) electrons. The molecule has 1 amide bonds. The lowest BCUT2D eigenvalue weighted by Crippen LogP contribution is -2.49. The van der Waals surface area contributed by atoms with Crippen molar-refractivity contribution in [3.8, 4) is 0 Å². The molecule has 1 aliphatic rings. The first-order chi connectivity index (χ1) is 12.4. The largest absolute Gasteiger partial charge is 0.368 e. The van der Waals surface area contributed by atoms with Crippen molar-refractivity contribution in [3.05, 3.63) is 59.1 Å². The maximum Gasteiger partial charge on any atom is 0.255 e. The first kappa shape index (κ1) is 18.7. The summed E-state index contributed by atoms with van der Waals surface area (Å²) in [5.41, 5.74) is 1.28. The third-order valence-corrected chi connectivity index (χ3v) is 6.59. The van der Waals surface area contributed by atoms with Gasteiger partial charge in [0.05, 0.1) is 16.2 Å². The Hall–Kier alpha value is -2.05. The van der Waals surface area contributed by atoms with Crippen LogP contribution < -0.4 is 4.90 Å². The van der Waals surface area contributed by atoms with E-state index in [0.29, 0.717) is 31.2 Å². The highest BCUT2D eigenvalue weighted by atomic mass is 35.5. The van der Waals surface area contributed by atoms with Crippen LogP contribution in [0.1, 0.15) is 17.3 Å². The van der Waals surface area contributed by atoms with Gasteiger partial charge in [-0.1, -0.05) is 36.7 Å². The number of sulfone groups is 1. The predicted molar refractivity (Wildman–Crippen MR) is 104 cm³/mol. The van der Waals surface area contributed by atoms with E-state index in [1.807, 2.05) is 24.3 Å². The van der Waals surface area contributed by atoms with E-state index in [9.17, 15) is 13.2 Å². The summed E-state index contributed by atoms with van der Waals surface area (Å²) >= 11 is 6.05. The Balaban J connectivity index is 1.76. The van der Waals surface area contributed by atoms with Crippen LogP contribution in [-0.2, 0) is 9.84 Å². The molecule has 26 heavy (non-hydrogen) atoms. The van der Waals surface area contributed by atoms with Crippen molar-refractivity contribution in [2.75, 3.05) is 36.8 Å². The summed E-state index contributed by atoms with van der Waals surface area (Å²) in [7, 11) is -3.44. The number of amides is 1. The zero-order valence-corrected chi connectivity index (χ0v) is 16.1. The van der Waals surface area contributed by atoms with E-state index >= 15 is 0 Å². The lowest BCUT2D eigenvalue weighted by molar-refractivity contribution is 0.0743. The van der Waals surface area contributed by atoms with Crippen LogP contribution in [0.2, 0.25) is 5.02 Å². The van der Waals surface area contributed by atoms with Gasteiger partial charge in [-0.3, -0.25) is 4.79 Å². The first-order valence-corrected chi connectivity index (χ1v) is 10.6. The number of carbonyl (C=O) groups is 1. The van der Waals surface area contributed by atoms with Crippen LogP contribution in [-0.4, -0.2) is 51.2 Å². The van der Waals surface area contributed by atoms with Crippen LogP contribution in [0.4, 0.5) is 5.69 Å². The normalized spacial score (nSPS) is 15.2. The fourth-order valence-electron chi connectivity index (χ4n) is 3.08. The number of carbonyl (C=O) groups excluding carboxylic acids is 1. The molecule has 7 heteroatoms. The molecule has 5 nitrogen and oxygen atoms in total. The molecule has 1 heterocycles. The number of piperazine rings is 1. The van der Waals surface area contributed by atoms with Crippen LogP contribution in [0.15, 0.2) is 53.4 Å². The van der Waals surface area contributed by atoms with Gasteiger partial charge < -0.3 is 9.80 Å². The average molecular weight is 393 g/mol. The second-order valence-corrected chi connectivity index (χ2v) is 8.84. The quantitative estimate of drug-likeness (QED) is 0.802. The Bertz CT molecular complexity index is 907. The molecule has 1 saturated heterocycles. The SMILES string of the molecule is CCS(=O)(=O)c1ccccc1C(=O)N1CCN(c2cccc(Cl)c2)CC1. The minimum Gasteiger partial charge on any atom is -0.368 e. The molecule has 138 valence electrons. The fraction of sp³-hybridized carbons (Fsp3) is 0.316. The third-order valence-electron chi connectivity index (χ3n) is 4.57. The zero-order chi connectivity index (χ0) is 18.7. The number of benzene rings is 2. The Morgan fingerprint density at radius 3 is 2.38 bits per heavy atom. The van der Waals surface area contributed by atoms with Crippen molar-refractivity contribution in [3.63, 3.8) is 0 Å². The second-order valence-electron chi connectivity index (χ2n) is 6.16. The topological polar surface area (TPSA) is 57.7 Å². The molecule has 3 rings (SSSR count). The van der Waals surface area contributed by atoms with Gasteiger partial charge >= 0.3 is 0 Å². The van der Waals surface area contributed by atoms with E-state index < -0.39 is 9.84 Å². The van der Waals surface area contributed by atoms with E-state index in [2.05, 4.69) is 4.90 Å². The van der Waals surface area contributed by atoms with Crippen molar-refractivity contribution >= 4 is 33.0 Å². The molecular weight excluding hydrogens is 372 g/mol. The minimum absolute atomic E-state index is 0.0279. The maximum atomic E-state index is 12.9. The van der Waals surface area contributed by atoms with Crippen molar-refractivity contribution in [1.29, 1.82) is 0 Å². The molecule has 0 atom stereocenters. The molecule has 1 aliphatic heterocycles. The summed E-state index contributed by atoms with van der Waals surface area (Å²) < 4.78 is 24.6. The van der Waals surface area contributed by atoms with E-state index in [1.54, 1.807) is 30.0 Å².